The lowest BCUT2D eigenvalue weighted by Crippen LogP contribution is -2.26. The highest BCUT2D eigenvalue weighted by Crippen LogP contribution is 2.22. The number of nitrogens with one attached hydrogen (secondary N) is 1. The first-order valence-corrected chi connectivity index (χ1v) is 8.81. The minimum atomic E-state index is -0.0335. The van der Waals surface area contributed by atoms with Gasteiger partial charge in [-0.15, -0.1) is 11.3 Å². The lowest BCUT2D eigenvalue weighted by atomic mass is 10.1. The Balaban J connectivity index is 1.57. The average Bonchev–Trinajstić information content (AvgIpc) is 3.22. The molecule has 1 amide bonds. The molecule has 0 saturated carbocycles. The van der Waals surface area contributed by atoms with Crippen molar-refractivity contribution in [1.29, 1.82) is 0 Å². The normalized spacial score (nSPS) is 10.8. The highest BCUT2D eigenvalue weighted by atomic mass is 32.1. The summed E-state index contributed by atoms with van der Waals surface area (Å²) in [6.45, 7) is 4.91. The van der Waals surface area contributed by atoms with Crippen LogP contribution in [0.2, 0.25) is 0 Å². The third kappa shape index (κ3) is 4.08. The fourth-order valence-electron chi connectivity index (χ4n) is 2.39. The van der Waals surface area contributed by atoms with Gasteiger partial charge in [0.15, 0.2) is 0 Å². The van der Waals surface area contributed by atoms with E-state index in [1.165, 1.54) is 5.56 Å². The summed E-state index contributed by atoms with van der Waals surface area (Å²) in [5, 5.41) is 5.88. The number of hydrogen-bond acceptors (Lipinski definition) is 4. The van der Waals surface area contributed by atoms with Gasteiger partial charge in [0.1, 0.15) is 17.2 Å². The number of rotatable bonds is 6. The Kier molecular flexibility index (Phi) is 5.05. The van der Waals surface area contributed by atoms with Gasteiger partial charge in [0.25, 0.3) is 0 Å². The molecule has 0 aliphatic heterocycles. The van der Waals surface area contributed by atoms with Crippen LogP contribution >= 0.6 is 11.3 Å². The van der Waals surface area contributed by atoms with E-state index in [9.17, 15) is 4.79 Å². The molecule has 0 unspecified atom stereocenters. The SMILES string of the molecule is CCc1csc(-c2cn(CC(=O)NCc3cccc(C)c3)cn2)n1. The van der Waals surface area contributed by atoms with Gasteiger partial charge in [0, 0.05) is 18.1 Å². The molecule has 124 valence electrons. The molecule has 1 N–H and O–H groups in total. The molecule has 2 heterocycles. The van der Waals surface area contributed by atoms with E-state index in [-0.39, 0.29) is 12.5 Å². The zero-order valence-corrected chi connectivity index (χ0v) is 14.6. The van der Waals surface area contributed by atoms with Crippen LogP contribution in [0.15, 0.2) is 42.2 Å². The van der Waals surface area contributed by atoms with E-state index < -0.39 is 0 Å². The third-order valence-electron chi connectivity index (χ3n) is 3.66. The lowest BCUT2D eigenvalue weighted by molar-refractivity contribution is -0.121. The second-order valence-electron chi connectivity index (χ2n) is 5.69. The molecule has 5 nitrogen and oxygen atoms in total. The molecule has 0 saturated heterocycles. The molecule has 2 aromatic heterocycles. The summed E-state index contributed by atoms with van der Waals surface area (Å²) < 4.78 is 1.79. The summed E-state index contributed by atoms with van der Waals surface area (Å²) in [7, 11) is 0. The van der Waals surface area contributed by atoms with Gasteiger partial charge in [0.05, 0.1) is 12.0 Å². The van der Waals surface area contributed by atoms with Crippen LogP contribution < -0.4 is 5.32 Å². The number of imidazole rings is 1. The average molecular weight is 340 g/mol. The Hall–Kier alpha value is -2.47. The van der Waals surface area contributed by atoms with E-state index in [2.05, 4.69) is 28.3 Å². The van der Waals surface area contributed by atoms with E-state index in [0.717, 1.165) is 28.4 Å². The molecular formula is C18H20N4OS. The number of benzene rings is 1. The largest absolute Gasteiger partial charge is 0.350 e. The number of amides is 1. The molecule has 0 spiro atoms. The predicted molar refractivity (Wildman–Crippen MR) is 95.7 cm³/mol. The van der Waals surface area contributed by atoms with Gasteiger partial charge in [-0.3, -0.25) is 4.79 Å². The number of hydrogen-bond donors (Lipinski definition) is 1. The summed E-state index contributed by atoms with van der Waals surface area (Å²) in [6, 6.07) is 8.12. The van der Waals surface area contributed by atoms with Crippen LogP contribution in [0.25, 0.3) is 10.7 Å². The number of carbonyl (C=O) groups is 1. The molecule has 24 heavy (non-hydrogen) atoms. The quantitative estimate of drug-likeness (QED) is 0.750. The van der Waals surface area contributed by atoms with E-state index in [4.69, 9.17) is 0 Å². The maximum absolute atomic E-state index is 12.1. The molecule has 0 aliphatic carbocycles. The number of thiazole rings is 1. The second kappa shape index (κ2) is 7.40. The zero-order valence-electron chi connectivity index (χ0n) is 13.8. The van der Waals surface area contributed by atoms with Gasteiger partial charge in [0.2, 0.25) is 5.91 Å². The summed E-state index contributed by atoms with van der Waals surface area (Å²) in [6.07, 6.45) is 4.46. The monoisotopic (exact) mass is 340 g/mol. The van der Waals surface area contributed by atoms with Crippen LogP contribution in [0.1, 0.15) is 23.7 Å². The van der Waals surface area contributed by atoms with Crippen LogP contribution in [0, 0.1) is 6.92 Å². The van der Waals surface area contributed by atoms with E-state index in [1.54, 1.807) is 22.2 Å². The molecule has 0 fully saturated rings. The van der Waals surface area contributed by atoms with Crippen molar-refractivity contribution in [2.24, 2.45) is 0 Å². The molecule has 1 aromatic carbocycles. The molecule has 3 rings (SSSR count). The van der Waals surface area contributed by atoms with E-state index in [0.29, 0.717) is 6.54 Å². The summed E-state index contributed by atoms with van der Waals surface area (Å²) in [5.41, 5.74) is 4.17. The highest BCUT2D eigenvalue weighted by molar-refractivity contribution is 7.13. The second-order valence-corrected chi connectivity index (χ2v) is 6.55. The number of carbonyl (C=O) groups excluding carboxylic acids is 1. The van der Waals surface area contributed by atoms with Crippen LogP contribution in [0.4, 0.5) is 0 Å². The van der Waals surface area contributed by atoms with Gasteiger partial charge in [-0.25, -0.2) is 9.97 Å². The topological polar surface area (TPSA) is 59.8 Å². The van der Waals surface area contributed by atoms with Crippen molar-refractivity contribution in [2.45, 2.75) is 33.4 Å². The third-order valence-corrected chi connectivity index (χ3v) is 4.58. The van der Waals surface area contributed by atoms with E-state index in [1.807, 2.05) is 36.7 Å². The molecular weight excluding hydrogens is 320 g/mol. The van der Waals surface area contributed by atoms with E-state index >= 15 is 0 Å². The molecule has 0 bridgehead atoms. The van der Waals surface area contributed by atoms with Crippen molar-refractivity contribution in [2.75, 3.05) is 0 Å². The lowest BCUT2D eigenvalue weighted by Gasteiger charge is -2.06. The Morgan fingerprint density at radius 2 is 2.25 bits per heavy atom. The van der Waals surface area contributed by atoms with Gasteiger partial charge in [-0.1, -0.05) is 36.8 Å². The van der Waals surface area contributed by atoms with Gasteiger partial charge in [-0.2, -0.15) is 0 Å². The minimum absolute atomic E-state index is 0.0335. The minimum Gasteiger partial charge on any atom is -0.350 e. The summed E-state index contributed by atoms with van der Waals surface area (Å²) in [5.74, 6) is -0.0335. The molecule has 0 atom stereocenters. The Bertz CT molecular complexity index is 837. The van der Waals surface area contributed by atoms with Crippen molar-refractivity contribution in [3.05, 3.63) is 59.0 Å². The number of aromatic nitrogens is 3. The van der Waals surface area contributed by atoms with Crippen molar-refractivity contribution < 1.29 is 4.79 Å². The Morgan fingerprint density at radius 3 is 3.00 bits per heavy atom. The first-order valence-electron chi connectivity index (χ1n) is 7.93. The fraction of sp³-hybridized carbons (Fsp3) is 0.278. The number of nitrogens with zero attached hydrogens (tertiary/aromatic N) is 3. The highest BCUT2D eigenvalue weighted by Gasteiger charge is 2.09. The smallest absolute Gasteiger partial charge is 0.240 e. The Labute approximate surface area is 145 Å². The van der Waals surface area contributed by atoms with Crippen LogP contribution in [0.5, 0.6) is 0 Å². The van der Waals surface area contributed by atoms with Crippen LogP contribution in [-0.2, 0) is 24.3 Å². The summed E-state index contributed by atoms with van der Waals surface area (Å²) in [4.78, 5) is 21.0. The molecule has 6 heteroatoms. The zero-order chi connectivity index (χ0) is 16.9. The summed E-state index contributed by atoms with van der Waals surface area (Å²) >= 11 is 1.58. The molecule has 0 radical (unpaired) electrons. The van der Waals surface area contributed by atoms with Crippen molar-refractivity contribution in [3.8, 4) is 10.7 Å². The van der Waals surface area contributed by atoms with Gasteiger partial charge < -0.3 is 9.88 Å². The predicted octanol–water partition coefficient (Wildman–Crippen LogP) is 3.19. The molecule has 0 aliphatic rings. The van der Waals surface area contributed by atoms with Crippen molar-refractivity contribution >= 4 is 17.2 Å². The maximum atomic E-state index is 12.1. The van der Waals surface area contributed by atoms with Gasteiger partial charge in [-0.05, 0) is 18.9 Å². The first kappa shape index (κ1) is 16.4. The molecule has 3 aromatic rings. The Morgan fingerprint density at radius 1 is 1.38 bits per heavy atom. The van der Waals surface area contributed by atoms with Crippen LogP contribution in [-0.4, -0.2) is 20.4 Å². The van der Waals surface area contributed by atoms with Gasteiger partial charge >= 0.3 is 0 Å². The first-order chi connectivity index (χ1) is 11.6. The standard InChI is InChI=1S/C18H20N4OS/c1-3-15-11-24-18(21-15)16-9-22(12-20-16)10-17(23)19-8-14-6-4-5-13(2)7-14/h4-7,9,11-12H,3,8,10H2,1-2H3,(H,19,23). The van der Waals surface area contributed by atoms with Crippen LogP contribution in [0.3, 0.4) is 0 Å². The van der Waals surface area contributed by atoms with Crippen molar-refractivity contribution in [1.82, 2.24) is 19.9 Å². The number of aryl methyl sites for hydroxylation is 2. The van der Waals surface area contributed by atoms with Crippen molar-refractivity contribution in [3.63, 3.8) is 0 Å². The fourth-order valence-corrected chi connectivity index (χ4v) is 3.25. The maximum Gasteiger partial charge on any atom is 0.240 e.